The molecule has 2 aliphatic rings. The summed E-state index contributed by atoms with van der Waals surface area (Å²) in [6.07, 6.45) is 2.41. The second kappa shape index (κ2) is 3.74. The topological polar surface area (TPSA) is 30.5 Å². The van der Waals surface area contributed by atoms with Gasteiger partial charge in [-0.25, -0.2) is 0 Å². The SMILES string of the molecule is c1cc2c(c(OC3CCNC3)c1)CCO2. The fraction of sp³-hybridized carbons (Fsp3) is 0.500. The van der Waals surface area contributed by atoms with E-state index in [9.17, 15) is 0 Å². The molecule has 80 valence electrons. The van der Waals surface area contributed by atoms with Crippen LogP contribution in [0.25, 0.3) is 0 Å². The number of benzene rings is 1. The number of rotatable bonds is 2. The summed E-state index contributed by atoms with van der Waals surface area (Å²) in [7, 11) is 0. The Bertz CT molecular complexity index is 359. The molecule has 1 unspecified atom stereocenters. The Labute approximate surface area is 89.4 Å². The number of hydrogen-bond acceptors (Lipinski definition) is 3. The summed E-state index contributed by atoms with van der Waals surface area (Å²) in [6.45, 7) is 2.82. The van der Waals surface area contributed by atoms with Gasteiger partial charge in [0.15, 0.2) is 0 Å². The third-order valence-corrected chi connectivity index (χ3v) is 3.01. The van der Waals surface area contributed by atoms with Gasteiger partial charge in [0.25, 0.3) is 0 Å². The van der Waals surface area contributed by atoms with Crippen molar-refractivity contribution >= 4 is 0 Å². The predicted octanol–water partition coefficient (Wildman–Crippen LogP) is 1.36. The van der Waals surface area contributed by atoms with Crippen LogP contribution >= 0.6 is 0 Å². The van der Waals surface area contributed by atoms with E-state index in [4.69, 9.17) is 9.47 Å². The molecule has 0 amide bonds. The van der Waals surface area contributed by atoms with E-state index >= 15 is 0 Å². The molecule has 1 atom stereocenters. The molecule has 3 nitrogen and oxygen atoms in total. The minimum absolute atomic E-state index is 0.331. The molecule has 2 heterocycles. The third kappa shape index (κ3) is 1.67. The van der Waals surface area contributed by atoms with Crippen LogP contribution in [-0.2, 0) is 6.42 Å². The summed E-state index contributed by atoms with van der Waals surface area (Å²) in [6, 6.07) is 6.07. The summed E-state index contributed by atoms with van der Waals surface area (Å²) >= 11 is 0. The van der Waals surface area contributed by atoms with E-state index < -0.39 is 0 Å². The van der Waals surface area contributed by atoms with Gasteiger partial charge < -0.3 is 14.8 Å². The van der Waals surface area contributed by atoms with Crippen LogP contribution in [0, 0.1) is 0 Å². The van der Waals surface area contributed by atoms with Crippen LogP contribution in [0.1, 0.15) is 12.0 Å². The lowest BCUT2D eigenvalue weighted by atomic mass is 10.1. The molecule has 1 saturated heterocycles. The number of nitrogens with one attached hydrogen (secondary N) is 1. The average molecular weight is 205 g/mol. The highest BCUT2D eigenvalue weighted by atomic mass is 16.5. The van der Waals surface area contributed by atoms with Crippen molar-refractivity contribution in [1.82, 2.24) is 5.32 Å². The average Bonchev–Trinajstić information content (AvgIpc) is 2.87. The molecule has 0 spiro atoms. The second-order valence-corrected chi connectivity index (χ2v) is 4.06. The normalized spacial score (nSPS) is 23.6. The maximum Gasteiger partial charge on any atom is 0.126 e. The fourth-order valence-corrected chi connectivity index (χ4v) is 2.21. The molecule has 0 aromatic heterocycles. The standard InChI is InChI=1S/C12H15NO2/c1-2-11-10(5-7-14-11)12(3-1)15-9-4-6-13-8-9/h1-3,9,13H,4-8H2. The smallest absolute Gasteiger partial charge is 0.126 e. The van der Waals surface area contributed by atoms with Gasteiger partial charge in [0.05, 0.1) is 6.61 Å². The van der Waals surface area contributed by atoms with Crippen molar-refractivity contribution in [3.05, 3.63) is 23.8 Å². The molecule has 1 fully saturated rings. The lowest BCUT2D eigenvalue weighted by molar-refractivity contribution is 0.221. The summed E-state index contributed by atoms with van der Waals surface area (Å²) in [5.74, 6) is 2.01. The zero-order valence-electron chi connectivity index (χ0n) is 8.66. The van der Waals surface area contributed by atoms with E-state index in [0.29, 0.717) is 6.10 Å². The molecule has 2 aliphatic heterocycles. The van der Waals surface area contributed by atoms with E-state index in [2.05, 4.69) is 5.32 Å². The van der Waals surface area contributed by atoms with Gasteiger partial charge in [-0.15, -0.1) is 0 Å². The highest BCUT2D eigenvalue weighted by Crippen LogP contribution is 2.33. The Morgan fingerprint density at radius 1 is 1.40 bits per heavy atom. The maximum atomic E-state index is 5.98. The molecule has 0 saturated carbocycles. The van der Waals surface area contributed by atoms with Gasteiger partial charge in [-0.05, 0) is 25.1 Å². The van der Waals surface area contributed by atoms with E-state index in [-0.39, 0.29) is 0 Å². The van der Waals surface area contributed by atoms with Gasteiger partial charge >= 0.3 is 0 Å². The van der Waals surface area contributed by atoms with Crippen LogP contribution in [0.2, 0.25) is 0 Å². The van der Waals surface area contributed by atoms with Gasteiger partial charge in [0, 0.05) is 18.5 Å². The number of hydrogen-bond donors (Lipinski definition) is 1. The fourth-order valence-electron chi connectivity index (χ4n) is 2.21. The van der Waals surface area contributed by atoms with Crippen molar-refractivity contribution in [2.75, 3.05) is 19.7 Å². The second-order valence-electron chi connectivity index (χ2n) is 4.06. The highest BCUT2D eigenvalue weighted by molar-refractivity contribution is 5.47. The molecule has 0 bridgehead atoms. The van der Waals surface area contributed by atoms with Crippen molar-refractivity contribution in [2.24, 2.45) is 0 Å². The van der Waals surface area contributed by atoms with E-state index in [1.807, 2.05) is 18.2 Å². The first-order valence-electron chi connectivity index (χ1n) is 5.55. The van der Waals surface area contributed by atoms with E-state index in [1.165, 1.54) is 5.56 Å². The Morgan fingerprint density at radius 2 is 2.40 bits per heavy atom. The van der Waals surface area contributed by atoms with Crippen LogP contribution in [0.15, 0.2) is 18.2 Å². The molecule has 3 rings (SSSR count). The zero-order valence-corrected chi connectivity index (χ0v) is 8.66. The Hall–Kier alpha value is -1.22. The van der Waals surface area contributed by atoms with E-state index in [0.717, 1.165) is 44.0 Å². The van der Waals surface area contributed by atoms with Crippen molar-refractivity contribution in [1.29, 1.82) is 0 Å². The van der Waals surface area contributed by atoms with Crippen LogP contribution in [0.4, 0.5) is 0 Å². The predicted molar refractivity (Wildman–Crippen MR) is 57.5 cm³/mol. The monoisotopic (exact) mass is 205 g/mol. The van der Waals surface area contributed by atoms with Crippen LogP contribution in [-0.4, -0.2) is 25.8 Å². The van der Waals surface area contributed by atoms with Gasteiger partial charge in [-0.2, -0.15) is 0 Å². The third-order valence-electron chi connectivity index (χ3n) is 3.01. The lowest BCUT2D eigenvalue weighted by Crippen LogP contribution is -2.20. The first kappa shape index (κ1) is 9.04. The highest BCUT2D eigenvalue weighted by Gasteiger charge is 2.21. The van der Waals surface area contributed by atoms with Crippen molar-refractivity contribution in [3.8, 4) is 11.5 Å². The Kier molecular flexibility index (Phi) is 2.25. The largest absolute Gasteiger partial charge is 0.493 e. The first-order valence-corrected chi connectivity index (χ1v) is 5.55. The molecular formula is C12H15NO2. The number of ether oxygens (including phenoxy) is 2. The molecule has 15 heavy (non-hydrogen) atoms. The van der Waals surface area contributed by atoms with Crippen LogP contribution in [0.5, 0.6) is 11.5 Å². The first-order chi connectivity index (χ1) is 7.43. The van der Waals surface area contributed by atoms with Gasteiger partial charge in [0.1, 0.15) is 17.6 Å². The molecular weight excluding hydrogens is 190 g/mol. The number of fused-ring (bicyclic) bond motifs is 1. The Balaban J connectivity index is 1.82. The summed E-state index contributed by atoms with van der Waals surface area (Å²) in [5.41, 5.74) is 1.24. The van der Waals surface area contributed by atoms with Gasteiger partial charge in [-0.3, -0.25) is 0 Å². The van der Waals surface area contributed by atoms with Gasteiger partial charge in [0.2, 0.25) is 0 Å². The lowest BCUT2D eigenvalue weighted by Gasteiger charge is -2.14. The van der Waals surface area contributed by atoms with Crippen molar-refractivity contribution < 1.29 is 9.47 Å². The van der Waals surface area contributed by atoms with Crippen molar-refractivity contribution in [2.45, 2.75) is 18.9 Å². The summed E-state index contributed by atoms with van der Waals surface area (Å²) in [4.78, 5) is 0. The van der Waals surface area contributed by atoms with E-state index in [1.54, 1.807) is 0 Å². The van der Waals surface area contributed by atoms with Crippen LogP contribution in [0.3, 0.4) is 0 Å². The molecule has 0 aliphatic carbocycles. The van der Waals surface area contributed by atoms with Crippen molar-refractivity contribution in [3.63, 3.8) is 0 Å². The zero-order chi connectivity index (χ0) is 10.1. The molecule has 0 radical (unpaired) electrons. The quantitative estimate of drug-likeness (QED) is 0.790. The minimum atomic E-state index is 0.331. The Morgan fingerprint density at radius 3 is 3.27 bits per heavy atom. The van der Waals surface area contributed by atoms with Crippen LogP contribution < -0.4 is 14.8 Å². The minimum Gasteiger partial charge on any atom is -0.493 e. The molecule has 1 aromatic rings. The summed E-state index contributed by atoms with van der Waals surface area (Å²) < 4.78 is 11.5. The molecule has 3 heteroatoms. The molecule has 1 N–H and O–H groups in total. The molecule has 1 aromatic carbocycles. The summed E-state index contributed by atoms with van der Waals surface area (Å²) in [5, 5.41) is 3.30. The van der Waals surface area contributed by atoms with Gasteiger partial charge in [-0.1, -0.05) is 6.07 Å². The maximum absolute atomic E-state index is 5.98.